The second-order valence-electron chi connectivity index (χ2n) is 4.31. The highest BCUT2D eigenvalue weighted by molar-refractivity contribution is 5.87. The Morgan fingerprint density at radius 1 is 1.30 bits per heavy atom. The summed E-state index contributed by atoms with van der Waals surface area (Å²) in [4.78, 5) is 19.2. The van der Waals surface area contributed by atoms with Crippen LogP contribution in [0.25, 0.3) is 0 Å². The molecule has 2 aromatic heterocycles. The van der Waals surface area contributed by atoms with Crippen molar-refractivity contribution in [2.45, 2.75) is 13.8 Å². The van der Waals surface area contributed by atoms with Gasteiger partial charge in [-0.2, -0.15) is 0 Å². The normalized spacial score (nSPS) is 9.50. The van der Waals surface area contributed by atoms with Crippen molar-refractivity contribution < 1.29 is 4.79 Å². The molecule has 0 aromatic carbocycles. The van der Waals surface area contributed by atoms with Crippen LogP contribution in [0.3, 0.4) is 0 Å². The summed E-state index contributed by atoms with van der Waals surface area (Å²) in [6.07, 6.45) is 3.30. The highest BCUT2D eigenvalue weighted by Gasteiger charge is 1.99. The first-order chi connectivity index (χ1) is 9.54. The van der Waals surface area contributed by atoms with Crippen LogP contribution >= 0.6 is 0 Å². The molecule has 0 fully saturated rings. The summed E-state index contributed by atoms with van der Waals surface area (Å²) in [7, 11) is 0. The molecule has 0 bridgehead atoms. The Bertz CT molecular complexity index is 713. The van der Waals surface area contributed by atoms with Crippen molar-refractivity contribution in [3.8, 4) is 11.8 Å². The van der Waals surface area contributed by atoms with Crippen molar-refractivity contribution in [3.63, 3.8) is 0 Å². The summed E-state index contributed by atoms with van der Waals surface area (Å²) in [6, 6.07) is 5.27. The number of nitrogens with one attached hydrogen (secondary N) is 1. The third kappa shape index (κ3) is 3.56. The summed E-state index contributed by atoms with van der Waals surface area (Å²) >= 11 is 0. The Labute approximate surface area is 117 Å². The number of rotatable bonds is 1. The van der Waals surface area contributed by atoms with Gasteiger partial charge in [0, 0.05) is 24.9 Å². The van der Waals surface area contributed by atoms with Gasteiger partial charge in [-0.3, -0.25) is 4.79 Å². The Morgan fingerprint density at radius 2 is 2.10 bits per heavy atom. The number of hydrogen-bond acceptors (Lipinski definition) is 4. The lowest BCUT2D eigenvalue weighted by Crippen LogP contribution is -2.07. The Balaban J connectivity index is 2.26. The van der Waals surface area contributed by atoms with E-state index in [2.05, 4.69) is 27.1 Å². The molecule has 0 aliphatic carbocycles. The van der Waals surface area contributed by atoms with Crippen LogP contribution < -0.4 is 11.1 Å². The van der Waals surface area contributed by atoms with Gasteiger partial charge in [0.2, 0.25) is 5.91 Å². The molecular weight excluding hydrogens is 252 g/mol. The second kappa shape index (κ2) is 5.85. The zero-order chi connectivity index (χ0) is 14.5. The van der Waals surface area contributed by atoms with Gasteiger partial charge in [-0.1, -0.05) is 5.92 Å². The van der Waals surface area contributed by atoms with Crippen LogP contribution in [0, 0.1) is 18.8 Å². The first-order valence-corrected chi connectivity index (χ1v) is 6.02. The lowest BCUT2D eigenvalue weighted by molar-refractivity contribution is -0.114. The number of hydrogen-bond donors (Lipinski definition) is 2. The molecule has 0 saturated carbocycles. The van der Waals surface area contributed by atoms with Gasteiger partial charge in [-0.15, -0.1) is 0 Å². The van der Waals surface area contributed by atoms with Crippen LogP contribution in [0.2, 0.25) is 0 Å². The van der Waals surface area contributed by atoms with Crippen LogP contribution in [-0.4, -0.2) is 15.9 Å². The molecule has 0 radical (unpaired) electrons. The minimum Gasteiger partial charge on any atom is -0.396 e. The number of nitrogens with zero attached hydrogens (tertiary/aromatic N) is 2. The molecule has 0 spiro atoms. The standard InChI is InChI=1S/C15H14N4O/c1-10-7-13(16)14(18-9-10)4-3-12-5-6-17-15(8-12)19-11(2)20/h5-9H,16H2,1-2H3,(H,17,19,20). The molecule has 0 unspecified atom stereocenters. The van der Waals surface area contributed by atoms with Gasteiger partial charge < -0.3 is 11.1 Å². The maximum absolute atomic E-state index is 11.0. The van der Waals surface area contributed by atoms with Crippen LogP contribution in [0.5, 0.6) is 0 Å². The van der Waals surface area contributed by atoms with Gasteiger partial charge in [-0.05, 0) is 36.6 Å². The van der Waals surface area contributed by atoms with Crippen molar-refractivity contribution in [2.24, 2.45) is 0 Å². The molecular formula is C15H14N4O. The fraction of sp³-hybridized carbons (Fsp3) is 0.133. The number of aromatic nitrogens is 2. The van der Waals surface area contributed by atoms with Gasteiger partial charge in [0.05, 0.1) is 5.69 Å². The van der Waals surface area contributed by atoms with Crippen molar-refractivity contribution in [1.82, 2.24) is 9.97 Å². The van der Waals surface area contributed by atoms with Crippen molar-refractivity contribution in [3.05, 3.63) is 47.4 Å². The number of anilines is 2. The average molecular weight is 266 g/mol. The smallest absolute Gasteiger partial charge is 0.222 e. The number of nitrogens with two attached hydrogens (primary N) is 1. The van der Waals surface area contributed by atoms with Crippen molar-refractivity contribution >= 4 is 17.4 Å². The zero-order valence-electron chi connectivity index (χ0n) is 11.3. The number of nitrogen functional groups attached to an aromatic ring is 1. The van der Waals surface area contributed by atoms with E-state index in [-0.39, 0.29) is 5.91 Å². The number of aryl methyl sites for hydroxylation is 1. The molecule has 1 amide bonds. The fourth-order valence-corrected chi connectivity index (χ4v) is 1.58. The van der Waals surface area contributed by atoms with Crippen molar-refractivity contribution in [1.29, 1.82) is 0 Å². The van der Waals surface area contributed by atoms with E-state index >= 15 is 0 Å². The van der Waals surface area contributed by atoms with Crippen molar-refractivity contribution in [2.75, 3.05) is 11.1 Å². The molecule has 5 heteroatoms. The molecule has 2 aromatic rings. The number of pyridine rings is 2. The minimum absolute atomic E-state index is 0.174. The van der Waals surface area contributed by atoms with E-state index in [9.17, 15) is 4.79 Å². The fourth-order valence-electron chi connectivity index (χ4n) is 1.58. The number of carbonyl (C=O) groups is 1. The molecule has 0 aliphatic rings. The SMILES string of the molecule is CC(=O)Nc1cc(C#Cc2ncc(C)cc2N)ccn1. The molecule has 3 N–H and O–H groups in total. The molecule has 2 rings (SSSR count). The predicted molar refractivity (Wildman–Crippen MR) is 77.9 cm³/mol. The number of carbonyl (C=O) groups excluding carboxylic acids is 1. The van der Waals surface area contributed by atoms with E-state index < -0.39 is 0 Å². The molecule has 0 aliphatic heterocycles. The Hall–Kier alpha value is -2.87. The quantitative estimate of drug-likeness (QED) is 0.770. The first-order valence-electron chi connectivity index (χ1n) is 6.02. The molecule has 100 valence electrons. The highest BCUT2D eigenvalue weighted by atomic mass is 16.1. The summed E-state index contributed by atoms with van der Waals surface area (Å²) in [5.41, 5.74) is 8.65. The van der Waals surface area contributed by atoms with Gasteiger partial charge in [-0.25, -0.2) is 9.97 Å². The lowest BCUT2D eigenvalue weighted by atomic mass is 10.2. The molecule has 0 atom stereocenters. The van der Waals surface area contributed by atoms with E-state index in [1.54, 1.807) is 24.5 Å². The summed E-state index contributed by atoms with van der Waals surface area (Å²) in [6.45, 7) is 3.35. The average Bonchev–Trinajstić information content (AvgIpc) is 2.37. The van der Waals surface area contributed by atoms with Crippen LogP contribution in [0.1, 0.15) is 23.7 Å². The molecule has 0 saturated heterocycles. The topological polar surface area (TPSA) is 80.9 Å². The second-order valence-corrected chi connectivity index (χ2v) is 4.31. The van der Waals surface area contributed by atoms with Gasteiger partial charge >= 0.3 is 0 Å². The first kappa shape index (κ1) is 13.6. The maximum Gasteiger partial charge on any atom is 0.222 e. The van der Waals surface area contributed by atoms with E-state index in [1.165, 1.54) is 6.92 Å². The summed E-state index contributed by atoms with van der Waals surface area (Å²) < 4.78 is 0. The molecule has 2 heterocycles. The zero-order valence-corrected chi connectivity index (χ0v) is 11.3. The monoisotopic (exact) mass is 266 g/mol. The predicted octanol–water partition coefficient (Wildman–Crippen LogP) is 1.73. The number of amides is 1. The Morgan fingerprint density at radius 3 is 2.80 bits per heavy atom. The lowest BCUT2D eigenvalue weighted by Gasteiger charge is -2.00. The Kier molecular flexibility index (Phi) is 3.96. The van der Waals surface area contributed by atoms with E-state index in [1.807, 2.05) is 13.0 Å². The summed E-state index contributed by atoms with van der Waals surface area (Å²) in [5.74, 6) is 6.15. The van der Waals surface area contributed by atoms with Crippen LogP contribution in [0.15, 0.2) is 30.6 Å². The largest absolute Gasteiger partial charge is 0.396 e. The molecule has 20 heavy (non-hydrogen) atoms. The maximum atomic E-state index is 11.0. The minimum atomic E-state index is -0.174. The highest BCUT2D eigenvalue weighted by Crippen LogP contribution is 2.10. The summed E-state index contributed by atoms with van der Waals surface area (Å²) in [5, 5.41) is 2.60. The van der Waals surface area contributed by atoms with E-state index in [0.717, 1.165) is 11.1 Å². The van der Waals surface area contributed by atoms with E-state index in [0.29, 0.717) is 17.2 Å². The third-order valence-electron chi connectivity index (χ3n) is 2.44. The van der Waals surface area contributed by atoms with Crippen LogP contribution in [0.4, 0.5) is 11.5 Å². The van der Waals surface area contributed by atoms with Gasteiger partial charge in [0.1, 0.15) is 11.5 Å². The van der Waals surface area contributed by atoms with Gasteiger partial charge in [0.25, 0.3) is 0 Å². The van der Waals surface area contributed by atoms with Crippen LogP contribution in [-0.2, 0) is 4.79 Å². The van der Waals surface area contributed by atoms with E-state index in [4.69, 9.17) is 5.73 Å². The van der Waals surface area contributed by atoms with Gasteiger partial charge in [0.15, 0.2) is 0 Å². The third-order valence-corrected chi connectivity index (χ3v) is 2.44. The molecule has 5 nitrogen and oxygen atoms in total.